The van der Waals surface area contributed by atoms with E-state index in [1.807, 2.05) is 6.92 Å². The van der Waals surface area contributed by atoms with Gasteiger partial charge in [-0.05, 0) is 26.2 Å². The Labute approximate surface area is 115 Å². The number of rotatable bonds is 4. The van der Waals surface area contributed by atoms with Crippen LogP contribution in [-0.4, -0.2) is 21.9 Å². The fraction of sp³-hybridized carbons (Fsp3) is 0.500. The second-order valence-electron chi connectivity index (χ2n) is 5.50. The van der Waals surface area contributed by atoms with Crippen molar-refractivity contribution in [2.75, 3.05) is 0 Å². The lowest BCUT2D eigenvalue weighted by Crippen LogP contribution is -2.33. The second kappa shape index (κ2) is 4.77. The maximum atomic E-state index is 12.4. The van der Waals surface area contributed by atoms with E-state index < -0.39 is 0 Å². The highest BCUT2D eigenvalue weighted by Gasteiger charge is 2.26. The molecule has 1 unspecified atom stereocenters. The number of carbonyl (C=O) groups excluding carboxylic acids is 1. The summed E-state index contributed by atoms with van der Waals surface area (Å²) < 4.78 is 5.38. The van der Waals surface area contributed by atoms with E-state index >= 15 is 0 Å². The van der Waals surface area contributed by atoms with Gasteiger partial charge in [-0.15, -0.1) is 0 Å². The number of fused-ring (bicyclic) bond motifs is 1. The van der Waals surface area contributed by atoms with Gasteiger partial charge in [0, 0.05) is 6.04 Å². The molecule has 106 valence electrons. The molecule has 3 rings (SSSR count). The first kappa shape index (κ1) is 12.9. The minimum atomic E-state index is -0.355. The number of H-pyrrole nitrogens is 1. The van der Waals surface area contributed by atoms with Gasteiger partial charge in [-0.3, -0.25) is 9.59 Å². The summed E-state index contributed by atoms with van der Waals surface area (Å²) in [6.45, 7) is 3.65. The van der Waals surface area contributed by atoms with Crippen molar-refractivity contribution in [2.45, 2.75) is 39.2 Å². The SMILES string of the molecule is Cc1oc2nc[nH]c(=O)c2c1C(=O)NC(C)CC1CC1. The molecule has 0 bridgehead atoms. The van der Waals surface area contributed by atoms with Crippen molar-refractivity contribution in [3.8, 4) is 0 Å². The molecule has 0 aromatic carbocycles. The van der Waals surface area contributed by atoms with E-state index in [2.05, 4.69) is 15.3 Å². The molecule has 1 saturated carbocycles. The molecule has 1 fully saturated rings. The van der Waals surface area contributed by atoms with E-state index in [-0.39, 0.29) is 34.2 Å². The lowest BCUT2D eigenvalue weighted by Gasteiger charge is -2.12. The van der Waals surface area contributed by atoms with Gasteiger partial charge in [-0.1, -0.05) is 12.8 Å². The van der Waals surface area contributed by atoms with Gasteiger partial charge in [-0.2, -0.15) is 0 Å². The number of aromatic nitrogens is 2. The van der Waals surface area contributed by atoms with Crippen molar-refractivity contribution >= 4 is 17.0 Å². The molecule has 1 amide bonds. The van der Waals surface area contributed by atoms with Gasteiger partial charge in [0.25, 0.3) is 11.5 Å². The van der Waals surface area contributed by atoms with Gasteiger partial charge >= 0.3 is 0 Å². The van der Waals surface area contributed by atoms with E-state index in [0.717, 1.165) is 12.3 Å². The number of furan rings is 1. The fourth-order valence-electron chi connectivity index (χ4n) is 2.54. The Morgan fingerprint density at radius 3 is 3.05 bits per heavy atom. The number of aromatic amines is 1. The molecule has 20 heavy (non-hydrogen) atoms. The number of hydrogen-bond acceptors (Lipinski definition) is 4. The molecule has 0 spiro atoms. The number of carbonyl (C=O) groups is 1. The summed E-state index contributed by atoms with van der Waals surface area (Å²) in [6, 6.07) is 0.0927. The van der Waals surface area contributed by atoms with Crippen molar-refractivity contribution < 1.29 is 9.21 Å². The standard InChI is InChI=1S/C14H17N3O3/c1-7(5-9-3-4-9)17-13(19)10-8(2)20-14-11(10)12(18)15-6-16-14/h6-7,9H,3-5H2,1-2H3,(H,17,19)(H,15,16,18). The third kappa shape index (κ3) is 2.33. The monoisotopic (exact) mass is 275 g/mol. The van der Waals surface area contributed by atoms with Crippen LogP contribution in [-0.2, 0) is 0 Å². The van der Waals surface area contributed by atoms with Crippen molar-refractivity contribution in [2.24, 2.45) is 5.92 Å². The molecule has 0 aliphatic heterocycles. The predicted octanol–water partition coefficient (Wildman–Crippen LogP) is 1.74. The van der Waals surface area contributed by atoms with Crippen LogP contribution in [0.2, 0.25) is 0 Å². The van der Waals surface area contributed by atoms with E-state index in [1.165, 1.54) is 19.2 Å². The van der Waals surface area contributed by atoms with Gasteiger partial charge in [-0.25, -0.2) is 4.98 Å². The molecule has 2 N–H and O–H groups in total. The average molecular weight is 275 g/mol. The van der Waals surface area contributed by atoms with E-state index in [4.69, 9.17) is 4.42 Å². The first-order valence-electron chi connectivity index (χ1n) is 6.84. The summed E-state index contributed by atoms with van der Waals surface area (Å²) in [6.07, 6.45) is 4.75. The molecule has 6 heteroatoms. The highest BCUT2D eigenvalue weighted by molar-refractivity contribution is 6.06. The molecule has 0 saturated heterocycles. The average Bonchev–Trinajstić information content (AvgIpc) is 3.09. The van der Waals surface area contributed by atoms with Crippen molar-refractivity contribution in [3.05, 3.63) is 28.0 Å². The molecule has 6 nitrogen and oxygen atoms in total. The second-order valence-corrected chi connectivity index (χ2v) is 5.50. The van der Waals surface area contributed by atoms with E-state index in [0.29, 0.717) is 5.76 Å². The van der Waals surface area contributed by atoms with Crippen LogP contribution in [0.15, 0.2) is 15.5 Å². The van der Waals surface area contributed by atoms with Crippen molar-refractivity contribution in [3.63, 3.8) is 0 Å². The van der Waals surface area contributed by atoms with Gasteiger partial charge in [0.15, 0.2) is 0 Å². The highest BCUT2D eigenvalue weighted by Crippen LogP contribution is 2.33. The van der Waals surface area contributed by atoms with Crippen LogP contribution < -0.4 is 10.9 Å². The quantitative estimate of drug-likeness (QED) is 0.889. The molecular formula is C14H17N3O3. The van der Waals surface area contributed by atoms with E-state index in [9.17, 15) is 9.59 Å². The zero-order valence-electron chi connectivity index (χ0n) is 11.5. The summed E-state index contributed by atoms with van der Waals surface area (Å²) >= 11 is 0. The molecule has 1 aliphatic carbocycles. The van der Waals surface area contributed by atoms with Crippen LogP contribution in [0.5, 0.6) is 0 Å². The number of aryl methyl sites for hydroxylation is 1. The Bertz CT molecular complexity index is 712. The molecule has 1 aliphatic rings. The molecule has 2 heterocycles. The number of nitrogens with zero attached hydrogens (tertiary/aromatic N) is 1. The molecule has 2 aromatic rings. The Kier molecular flexibility index (Phi) is 3.08. The van der Waals surface area contributed by atoms with Crippen LogP contribution in [0.25, 0.3) is 11.1 Å². The number of nitrogens with one attached hydrogen (secondary N) is 2. The smallest absolute Gasteiger partial charge is 0.262 e. The van der Waals surface area contributed by atoms with E-state index in [1.54, 1.807) is 6.92 Å². The van der Waals surface area contributed by atoms with Crippen LogP contribution in [0.4, 0.5) is 0 Å². The Hall–Kier alpha value is -2.11. The zero-order chi connectivity index (χ0) is 14.3. The first-order valence-corrected chi connectivity index (χ1v) is 6.84. The molecule has 0 radical (unpaired) electrons. The minimum Gasteiger partial charge on any atom is -0.442 e. The minimum absolute atomic E-state index is 0.0927. The summed E-state index contributed by atoms with van der Waals surface area (Å²) in [5.74, 6) is 0.880. The maximum absolute atomic E-state index is 12.4. The zero-order valence-corrected chi connectivity index (χ0v) is 11.5. The molecule has 1 atom stereocenters. The van der Waals surface area contributed by atoms with Gasteiger partial charge in [0.1, 0.15) is 11.1 Å². The lowest BCUT2D eigenvalue weighted by atomic mass is 10.1. The van der Waals surface area contributed by atoms with Gasteiger partial charge in [0.2, 0.25) is 5.71 Å². The maximum Gasteiger partial charge on any atom is 0.262 e. The normalized spacial score (nSPS) is 16.3. The number of amides is 1. The molecule has 2 aromatic heterocycles. The van der Waals surface area contributed by atoms with Crippen LogP contribution in [0.1, 0.15) is 42.3 Å². The van der Waals surface area contributed by atoms with Crippen LogP contribution in [0.3, 0.4) is 0 Å². The Morgan fingerprint density at radius 2 is 2.35 bits per heavy atom. The van der Waals surface area contributed by atoms with Gasteiger partial charge < -0.3 is 14.7 Å². The fourth-order valence-corrected chi connectivity index (χ4v) is 2.54. The molecular weight excluding hydrogens is 258 g/mol. The summed E-state index contributed by atoms with van der Waals surface area (Å²) in [4.78, 5) is 30.6. The van der Waals surface area contributed by atoms with Crippen molar-refractivity contribution in [1.82, 2.24) is 15.3 Å². The lowest BCUT2D eigenvalue weighted by molar-refractivity contribution is 0.0937. The topological polar surface area (TPSA) is 88.0 Å². The third-order valence-electron chi connectivity index (χ3n) is 3.66. The highest BCUT2D eigenvalue weighted by atomic mass is 16.3. The van der Waals surface area contributed by atoms with Gasteiger partial charge in [0.05, 0.1) is 11.9 Å². The summed E-state index contributed by atoms with van der Waals surface area (Å²) in [5.41, 5.74) is 0.134. The number of hydrogen-bond donors (Lipinski definition) is 2. The third-order valence-corrected chi connectivity index (χ3v) is 3.66. The van der Waals surface area contributed by atoms with Crippen LogP contribution in [0, 0.1) is 12.8 Å². The Morgan fingerprint density at radius 1 is 1.60 bits per heavy atom. The summed E-state index contributed by atoms with van der Waals surface area (Å²) in [7, 11) is 0. The largest absolute Gasteiger partial charge is 0.442 e. The predicted molar refractivity (Wildman–Crippen MR) is 73.6 cm³/mol. The Balaban J connectivity index is 1.90. The first-order chi connectivity index (χ1) is 9.56. The van der Waals surface area contributed by atoms with Crippen LogP contribution >= 0.6 is 0 Å². The van der Waals surface area contributed by atoms with Crippen molar-refractivity contribution in [1.29, 1.82) is 0 Å². The summed E-state index contributed by atoms with van der Waals surface area (Å²) in [5, 5.41) is 3.16.